The van der Waals surface area contributed by atoms with Gasteiger partial charge in [0.05, 0.1) is 19.3 Å². The zero-order chi connectivity index (χ0) is 20.5. The summed E-state index contributed by atoms with van der Waals surface area (Å²) in [4.78, 5) is 36.0. The van der Waals surface area contributed by atoms with Crippen LogP contribution in [-0.4, -0.2) is 44.3 Å². The molecular formula is C20H28N2O6. The van der Waals surface area contributed by atoms with Gasteiger partial charge < -0.3 is 19.5 Å². The molecule has 2 rings (SSSR count). The van der Waals surface area contributed by atoms with Crippen LogP contribution in [0, 0.1) is 5.92 Å². The van der Waals surface area contributed by atoms with Gasteiger partial charge in [-0.25, -0.2) is 9.59 Å². The minimum absolute atomic E-state index is 0.0559. The second kappa shape index (κ2) is 10.5. The van der Waals surface area contributed by atoms with Gasteiger partial charge in [0.2, 0.25) is 0 Å². The second-order valence-corrected chi connectivity index (χ2v) is 6.76. The first kappa shape index (κ1) is 21.5. The van der Waals surface area contributed by atoms with Crippen LogP contribution in [0.25, 0.3) is 0 Å². The average Bonchev–Trinajstić information content (AvgIpc) is 2.68. The first-order valence-corrected chi connectivity index (χ1v) is 9.52. The first-order chi connectivity index (χ1) is 13.4. The Morgan fingerprint density at radius 2 is 1.89 bits per heavy atom. The summed E-state index contributed by atoms with van der Waals surface area (Å²) in [5, 5.41) is 5.00. The Balaban J connectivity index is 1.81. The molecule has 1 fully saturated rings. The van der Waals surface area contributed by atoms with E-state index in [1.54, 1.807) is 6.07 Å². The lowest BCUT2D eigenvalue weighted by Crippen LogP contribution is -2.48. The maximum atomic E-state index is 12.1. The summed E-state index contributed by atoms with van der Waals surface area (Å²) >= 11 is 0. The summed E-state index contributed by atoms with van der Waals surface area (Å²) in [6, 6.07) is 4.08. The minimum Gasteiger partial charge on any atom is -0.493 e. The molecule has 1 saturated carbocycles. The lowest BCUT2D eigenvalue weighted by atomic mass is 9.86. The maximum Gasteiger partial charge on any atom is 0.338 e. The van der Waals surface area contributed by atoms with Crippen molar-refractivity contribution in [2.75, 3.05) is 20.3 Å². The number of urea groups is 1. The molecule has 0 aliphatic heterocycles. The lowest BCUT2D eigenvalue weighted by Gasteiger charge is -2.29. The molecular weight excluding hydrogens is 364 g/mol. The van der Waals surface area contributed by atoms with Crippen molar-refractivity contribution >= 4 is 17.9 Å². The average molecular weight is 392 g/mol. The monoisotopic (exact) mass is 392 g/mol. The predicted molar refractivity (Wildman–Crippen MR) is 103 cm³/mol. The van der Waals surface area contributed by atoms with Gasteiger partial charge in [0.15, 0.2) is 18.1 Å². The molecule has 1 aliphatic carbocycles. The third-order valence-electron chi connectivity index (χ3n) is 4.71. The Bertz CT molecular complexity index is 706. The largest absolute Gasteiger partial charge is 0.493 e. The SMILES string of the molecule is CCOc1ccc(C(=O)OCC(=O)NC(=O)N[C@H]2CCCC[C@@H]2C)cc1OC. The number of ether oxygens (including phenoxy) is 3. The summed E-state index contributed by atoms with van der Waals surface area (Å²) in [7, 11) is 1.46. The zero-order valence-corrected chi connectivity index (χ0v) is 16.6. The van der Waals surface area contributed by atoms with Gasteiger partial charge in [0, 0.05) is 6.04 Å². The van der Waals surface area contributed by atoms with Crippen LogP contribution in [0.3, 0.4) is 0 Å². The maximum absolute atomic E-state index is 12.1. The standard InChI is InChI=1S/C20H28N2O6/c1-4-27-16-10-9-14(11-17(16)26-3)19(24)28-12-18(23)22-20(25)21-15-8-6-5-7-13(15)2/h9-11,13,15H,4-8,12H2,1-3H3,(H2,21,22,23,25)/t13-,15-/m0/s1. The Kier molecular flexibility index (Phi) is 8.10. The molecule has 3 amide bonds. The van der Waals surface area contributed by atoms with Crippen LogP contribution in [0.1, 0.15) is 49.9 Å². The van der Waals surface area contributed by atoms with E-state index in [1.807, 2.05) is 6.92 Å². The second-order valence-electron chi connectivity index (χ2n) is 6.76. The van der Waals surface area contributed by atoms with Gasteiger partial charge in [-0.05, 0) is 43.9 Å². The van der Waals surface area contributed by atoms with E-state index in [0.29, 0.717) is 24.0 Å². The van der Waals surface area contributed by atoms with Crippen molar-refractivity contribution in [3.63, 3.8) is 0 Å². The fraction of sp³-hybridized carbons (Fsp3) is 0.550. The van der Waals surface area contributed by atoms with Crippen LogP contribution in [0.15, 0.2) is 18.2 Å². The van der Waals surface area contributed by atoms with Crippen LogP contribution < -0.4 is 20.1 Å². The Morgan fingerprint density at radius 1 is 1.14 bits per heavy atom. The van der Waals surface area contributed by atoms with Gasteiger partial charge in [0.1, 0.15) is 0 Å². The highest BCUT2D eigenvalue weighted by atomic mass is 16.5. The number of esters is 1. The number of methoxy groups -OCH3 is 1. The van der Waals surface area contributed by atoms with Gasteiger partial charge in [-0.2, -0.15) is 0 Å². The molecule has 154 valence electrons. The Labute approximate surface area is 164 Å². The number of benzene rings is 1. The van der Waals surface area contributed by atoms with Gasteiger partial charge >= 0.3 is 12.0 Å². The third-order valence-corrected chi connectivity index (χ3v) is 4.71. The summed E-state index contributed by atoms with van der Waals surface area (Å²) in [6.07, 6.45) is 4.18. The Morgan fingerprint density at radius 3 is 2.57 bits per heavy atom. The van der Waals surface area contributed by atoms with E-state index >= 15 is 0 Å². The van der Waals surface area contributed by atoms with E-state index in [1.165, 1.54) is 19.2 Å². The van der Waals surface area contributed by atoms with Crippen molar-refractivity contribution in [3.8, 4) is 11.5 Å². The fourth-order valence-corrected chi connectivity index (χ4v) is 3.18. The molecule has 1 aromatic carbocycles. The molecule has 0 spiro atoms. The smallest absolute Gasteiger partial charge is 0.338 e. The highest BCUT2D eigenvalue weighted by Crippen LogP contribution is 2.28. The van der Waals surface area contributed by atoms with E-state index in [9.17, 15) is 14.4 Å². The number of nitrogens with one attached hydrogen (secondary N) is 2. The highest BCUT2D eigenvalue weighted by Gasteiger charge is 2.23. The minimum atomic E-state index is -0.696. The molecule has 8 nitrogen and oxygen atoms in total. The van der Waals surface area contributed by atoms with Crippen LogP contribution >= 0.6 is 0 Å². The van der Waals surface area contributed by atoms with E-state index < -0.39 is 24.5 Å². The molecule has 1 aliphatic rings. The quantitative estimate of drug-likeness (QED) is 0.692. The normalized spacial score (nSPS) is 18.7. The van der Waals surface area contributed by atoms with Crippen LogP contribution in [-0.2, 0) is 9.53 Å². The number of hydrogen-bond donors (Lipinski definition) is 2. The molecule has 28 heavy (non-hydrogen) atoms. The molecule has 2 N–H and O–H groups in total. The van der Waals surface area contributed by atoms with Crippen molar-refractivity contribution in [1.29, 1.82) is 0 Å². The van der Waals surface area contributed by atoms with Crippen molar-refractivity contribution in [2.24, 2.45) is 5.92 Å². The summed E-state index contributed by atoms with van der Waals surface area (Å²) < 4.78 is 15.5. The molecule has 0 radical (unpaired) electrons. The van der Waals surface area contributed by atoms with E-state index in [0.717, 1.165) is 25.7 Å². The van der Waals surface area contributed by atoms with Crippen molar-refractivity contribution in [2.45, 2.75) is 45.6 Å². The van der Waals surface area contributed by atoms with Gasteiger partial charge in [0.25, 0.3) is 5.91 Å². The summed E-state index contributed by atoms with van der Waals surface area (Å²) in [5.41, 5.74) is 0.216. The van der Waals surface area contributed by atoms with Gasteiger partial charge in [-0.3, -0.25) is 10.1 Å². The number of imide groups is 1. The van der Waals surface area contributed by atoms with E-state index in [4.69, 9.17) is 14.2 Å². The number of rotatable bonds is 7. The third kappa shape index (κ3) is 6.14. The predicted octanol–water partition coefficient (Wildman–Crippen LogP) is 2.66. The van der Waals surface area contributed by atoms with E-state index in [2.05, 4.69) is 17.6 Å². The van der Waals surface area contributed by atoms with Crippen molar-refractivity contribution in [3.05, 3.63) is 23.8 Å². The number of hydrogen-bond acceptors (Lipinski definition) is 6. The molecule has 1 aromatic rings. The van der Waals surface area contributed by atoms with Crippen molar-refractivity contribution in [1.82, 2.24) is 10.6 Å². The molecule has 0 bridgehead atoms. The van der Waals surface area contributed by atoms with Crippen LogP contribution in [0.5, 0.6) is 11.5 Å². The first-order valence-electron chi connectivity index (χ1n) is 9.52. The molecule has 0 heterocycles. The number of amides is 3. The van der Waals surface area contributed by atoms with Gasteiger partial charge in [-0.15, -0.1) is 0 Å². The topological polar surface area (TPSA) is 103 Å². The van der Waals surface area contributed by atoms with Crippen LogP contribution in [0.4, 0.5) is 4.79 Å². The Hall–Kier alpha value is -2.77. The summed E-state index contributed by atoms with van der Waals surface area (Å²) in [6.45, 7) is 3.83. The molecule has 2 atom stereocenters. The zero-order valence-electron chi connectivity index (χ0n) is 16.6. The number of carbonyl (C=O) groups excluding carboxylic acids is 3. The fourth-order valence-electron chi connectivity index (χ4n) is 3.18. The van der Waals surface area contributed by atoms with Crippen LogP contribution in [0.2, 0.25) is 0 Å². The van der Waals surface area contributed by atoms with Crippen molar-refractivity contribution < 1.29 is 28.6 Å². The number of carbonyl (C=O) groups is 3. The highest BCUT2D eigenvalue weighted by molar-refractivity contribution is 5.97. The molecule has 0 unspecified atom stereocenters. The molecule has 0 aromatic heterocycles. The van der Waals surface area contributed by atoms with Gasteiger partial charge in [-0.1, -0.05) is 19.8 Å². The molecule has 0 saturated heterocycles. The lowest BCUT2D eigenvalue weighted by molar-refractivity contribution is -0.123. The van der Waals surface area contributed by atoms with E-state index in [-0.39, 0.29) is 11.6 Å². The molecule has 8 heteroatoms. The summed E-state index contributed by atoms with van der Waals surface area (Å²) in [5.74, 6) is -0.110.